The van der Waals surface area contributed by atoms with E-state index in [0.717, 1.165) is 15.3 Å². The summed E-state index contributed by atoms with van der Waals surface area (Å²) in [5.74, 6) is -0.745. The molecule has 0 aliphatic carbocycles. The van der Waals surface area contributed by atoms with Crippen LogP contribution in [0.2, 0.25) is 0 Å². The fourth-order valence-corrected chi connectivity index (χ4v) is 1.90. The molecule has 0 amide bonds. The second-order valence-corrected chi connectivity index (χ2v) is 4.11. The fraction of sp³-hybridized carbons (Fsp3) is 0.300. The van der Waals surface area contributed by atoms with Crippen LogP contribution in [0.4, 0.5) is 0 Å². The van der Waals surface area contributed by atoms with E-state index in [1.54, 1.807) is 11.3 Å². The Labute approximate surface area is 81.5 Å². The number of thiophene rings is 1. The van der Waals surface area contributed by atoms with Crippen LogP contribution in [0.25, 0.3) is 5.57 Å². The van der Waals surface area contributed by atoms with E-state index in [-0.39, 0.29) is 6.42 Å². The monoisotopic (exact) mass is 196 g/mol. The lowest BCUT2D eigenvalue weighted by molar-refractivity contribution is -0.136. The molecule has 1 rings (SSSR count). The van der Waals surface area contributed by atoms with Gasteiger partial charge in [-0.05, 0) is 31.1 Å². The summed E-state index contributed by atoms with van der Waals surface area (Å²) in [4.78, 5) is 12.6. The zero-order valence-electron chi connectivity index (χ0n) is 7.54. The Morgan fingerprint density at radius 1 is 1.62 bits per heavy atom. The largest absolute Gasteiger partial charge is 0.481 e. The molecular weight excluding hydrogens is 184 g/mol. The number of rotatable bonds is 4. The van der Waals surface area contributed by atoms with Crippen LogP contribution in [0.1, 0.15) is 23.1 Å². The van der Waals surface area contributed by atoms with E-state index in [9.17, 15) is 4.79 Å². The second-order valence-electron chi connectivity index (χ2n) is 2.94. The summed E-state index contributed by atoms with van der Waals surface area (Å²) in [7, 11) is 0. The van der Waals surface area contributed by atoms with Gasteiger partial charge in [0.2, 0.25) is 0 Å². The third-order valence-corrected chi connectivity index (χ3v) is 2.97. The summed E-state index contributed by atoms with van der Waals surface area (Å²) >= 11 is 1.62. The number of hydrogen-bond donors (Lipinski definition) is 1. The van der Waals surface area contributed by atoms with E-state index >= 15 is 0 Å². The Balaban J connectivity index is 2.59. The van der Waals surface area contributed by atoms with Crippen LogP contribution in [-0.4, -0.2) is 11.1 Å². The second kappa shape index (κ2) is 4.23. The van der Waals surface area contributed by atoms with Gasteiger partial charge >= 0.3 is 5.97 Å². The number of carboxylic acid groups (broad SMARTS) is 1. The molecule has 0 spiro atoms. The molecule has 1 heterocycles. The maximum atomic E-state index is 10.3. The highest BCUT2D eigenvalue weighted by Gasteiger charge is 2.02. The molecule has 3 heteroatoms. The highest BCUT2D eigenvalue weighted by atomic mass is 32.1. The zero-order chi connectivity index (χ0) is 9.84. The van der Waals surface area contributed by atoms with Crippen LogP contribution < -0.4 is 0 Å². The van der Waals surface area contributed by atoms with Gasteiger partial charge in [0.1, 0.15) is 0 Å². The normalized spacial score (nSPS) is 9.92. The van der Waals surface area contributed by atoms with Gasteiger partial charge in [-0.15, -0.1) is 11.3 Å². The minimum Gasteiger partial charge on any atom is -0.481 e. The van der Waals surface area contributed by atoms with Crippen molar-refractivity contribution in [2.45, 2.75) is 19.8 Å². The van der Waals surface area contributed by atoms with Crippen molar-refractivity contribution in [3.8, 4) is 0 Å². The van der Waals surface area contributed by atoms with E-state index in [2.05, 4.69) is 6.58 Å². The van der Waals surface area contributed by atoms with Crippen LogP contribution in [0.3, 0.4) is 0 Å². The molecule has 0 bridgehead atoms. The number of carboxylic acids is 1. The molecule has 0 aromatic carbocycles. The minimum absolute atomic E-state index is 0.205. The van der Waals surface area contributed by atoms with Gasteiger partial charge in [-0.3, -0.25) is 4.79 Å². The van der Waals surface area contributed by atoms with Crippen molar-refractivity contribution in [2.24, 2.45) is 0 Å². The maximum Gasteiger partial charge on any atom is 0.303 e. The van der Waals surface area contributed by atoms with Crippen LogP contribution in [0.5, 0.6) is 0 Å². The first-order chi connectivity index (χ1) is 6.09. The first kappa shape index (κ1) is 9.99. The summed E-state index contributed by atoms with van der Waals surface area (Å²) in [6, 6.07) is 3.96. The minimum atomic E-state index is -0.745. The van der Waals surface area contributed by atoms with Gasteiger partial charge in [-0.1, -0.05) is 6.58 Å². The Morgan fingerprint density at radius 3 is 2.77 bits per heavy atom. The average molecular weight is 196 g/mol. The van der Waals surface area contributed by atoms with Gasteiger partial charge in [-0.2, -0.15) is 0 Å². The highest BCUT2D eigenvalue weighted by Crippen LogP contribution is 2.23. The van der Waals surface area contributed by atoms with Crippen molar-refractivity contribution in [1.82, 2.24) is 0 Å². The predicted molar refractivity (Wildman–Crippen MR) is 55.0 cm³/mol. The molecule has 0 unspecified atom stereocenters. The quantitative estimate of drug-likeness (QED) is 0.804. The Morgan fingerprint density at radius 2 is 2.31 bits per heavy atom. The first-order valence-corrected chi connectivity index (χ1v) is 4.87. The molecule has 70 valence electrons. The van der Waals surface area contributed by atoms with Gasteiger partial charge in [0.15, 0.2) is 0 Å². The van der Waals surface area contributed by atoms with Crippen LogP contribution in [0, 0.1) is 0 Å². The summed E-state index contributed by atoms with van der Waals surface area (Å²) in [5.41, 5.74) is 1.03. The van der Waals surface area contributed by atoms with E-state index in [1.807, 2.05) is 19.1 Å². The van der Waals surface area contributed by atoms with Gasteiger partial charge in [-0.25, -0.2) is 0 Å². The third-order valence-electron chi connectivity index (χ3n) is 1.67. The highest BCUT2D eigenvalue weighted by molar-refractivity contribution is 7.13. The van der Waals surface area contributed by atoms with Gasteiger partial charge in [0.25, 0.3) is 0 Å². The molecule has 0 radical (unpaired) electrons. The number of carbonyl (C=O) groups is 1. The molecule has 0 fully saturated rings. The standard InChI is InChI=1S/C10H12O2S/c1-7(2)9-5-3-8(13-9)4-6-10(11)12/h3,5H,1,4,6H2,2H3,(H,11,12). The van der Waals surface area contributed by atoms with Gasteiger partial charge < -0.3 is 5.11 Å². The Bertz CT molecular complexity index is 325. The maximum absolute atomic E-state index is 10.3. The molecule has 0 aliphatic heterocycles. The molecule has 1 aromatic rings. The Kier molecular flexibility index (Phi) is 3.25. The van der Waals surface area contributed by atoms with Gasteiger partial charge in [0.05, 0.1) is 6.42 Å². The predicted octanol–water partition coefficient (Wildman–Crippen LogP) is 2.80. The van der Waals surface area contributed by atoms with Crippen molar-refractivity contribution in [3.63, 3.8) is 0 Å². The van der Waals surface area contributed by atoms with Crippen molar-refractivity contribution in [3.05, 3.63) is 28.5 Å². The van der Waals surface area contributed by atoms with E-state index in [4.69, 9.17) is 5.11 Å². The lowest BCUT2D eigenvalue weighted by Crippen LogP contribution is -1.95. The lowest BCUT2D eigenvalue weighted by atomic mass is 10.2. The van der Waals surface area contributed by atoms with Crippen LogP contribution in [-0.2, 0) is 11.2 Å². The van der Waals surface area contributed by atoms with E-state index in [1.165, 1.54) is 0 Å². The Hall–Kier alpha value is -1.09. The summed E-state index contributed by atoms with van der Waals surface area (Å²) in [6.45, 7) is 5.78. The summed E-state index contributed by atoms with van der Waals surface area (Å²) < 4.78 is 0. The number of hydrogen-bond acceptors (Lipinski definition) is 2. The summed E-state index contributed by atoms with van der Waals surface area (Å²) in [5, 5.41) is 8.48. The molecule has 13 heavy (non-hydrogen) atoms. The average Bonchev–Trinajstić information content (AvgIpc) is 2.48. The molecule has 0 saturated heterocycles. The molecule has 0 aliphatic rings. The third kappa shape index (κ3) is 3.03. The molecule has 0 saturated carbocycles. The number of allylic oxidation sites excluding steroid dienone is 1. The summed E-state index contributed by atoms with van der Waals surface area (Å²) in [6.07, 6.45) is 0.823. The van der Waals surface area contributed by atoms with Crippen molar-refractivity contribution in [2.75, 3.05) is 0 Å². The first-order valence-electron chi connectivity index (χ1n) is 4.06. The topological polar surface area (TPSA) is 37.3 Å². The molecule has 1 aromatic heterocycles. The molecule has 1 N–H and O–H groups in total. The van der Waals surface area contributed by atoms with Crippen molar-refractivity contribution < 1.29 is 9.90 Å². The van der Waals surface area contributed by atoms with Gasteiger partial charge in [0, 0.05) is 9.75 Å². The molecule has 0 atom stereocenters. The lowest BCUT2D eigenvalue weighted by Gasteiger charge is -1.92. The van der Waals surface area contributed by atoms with Crippen LogP contribution in [0.15, 0.2) is 18.7 Å². The van der Waals surface area contributed by atoms with Crippen LogP contribution >= 0.6 is 11.3 Å². The van der Waals surface area contributed by atoms with E-state index < -0.39 is 5.97 Å². The molecule has 2 nitrogen and oxygen atoms in total. The SMILES string of the molecule is C=C(C)c1ccc(CCC(=O)O)s1. The van der Waals surface area contributed by atoms with Crippen molar-refractivity contribution in [1.29, 1.82) is 0 Å². The van der Waals surface area contributed by atoms with Crippen molar-refractivity contribution >= 4 is 22.9 Å². The molecular formula is C10H12O2S. The number of aliphatic carboxylic acids is 1. The number of aryl methyl sites for hydroxylation is 1. The zero-order valence-corrected chi connectivity index (χ0v) is 8.36. The smallest absolute Gasteiger partial charge is 0.303 e. The van der Waals surface area contributed by atoms with E-state index in [0.29, 0.717) is 6.42 Å². The fourth-order valence-electron chi connectivity index (χ4n) is 0.972.